The zero-order valence-electron chi connectivity index (χ0n) is 8.98. The van der Waals surface area contributed by atoms with Gasteiger partial charge < -0.3 is 10.1 Å². The first kappa shape index (κ1) is 13.3. The average Bonchev–Trinajstić information content (AvgIpc) is 2.78. The highest BCUT2D eigenvalue weighted by molar-refractivity contribution is 7.99. The third-order valence-electron chi connectivity index (χ3n) is 2.13. The summed E-state index contributed by atoms with van der Waals surface area (Å²) < 4.78 is 0. The van der Waals surface area contributed by atoms with Crippen LogP contribution in [0.4, 0.5) is 0 Å². The van der Waals surface area contributed by atoms with Crippen molar-refractivity contribution in [3.63, 3.8) is 0 Å². The van der Waals surface area contributed by atoms with Crippen LogP contribution < -0.4 is 0 Å². The second kappa shape index (κ2) is 5.65. The van der Waals surface area contributed by atoms with Crippen LogP contribution in [0.25, 0.3) is 11.3 Å². The number of aromatic amines is 1. The predicted molar refractivity (Wildman–Crippen MR) is 72.4 cm³/mol. The summed E-state index contributed by atoms with van der Waals surface area (Å²) >= 11 is 13.1. The molecule has 0 aliphatic heterocycles. The number of rotatable bonds is 4. The van der Waals surface area contributed by atoms with E-state index in [0.29, 0.717) is 20.9 Å². The molecule has 0 atom stereocenters. The van der Waals surface area contributed by atoms with Gasteiger partial charge in [0.05, 0.1) is 27.7 Å². The van der Waals surface area contributed by atoms with Gasteiger partial charge in [0.15, 0.2) is 5.16 Å². The SMILES string of the molecule is O=C(O)CSc1ncc(-c2cccc(Cl)c2Cl)[nH]1. The highest BCUT2D eigenvalue weighted by Gasteiger charge is 2.10. The fraction of sp³-hybridized carbons (Fsp3) is 0.0909. The molecule has 0 aliphatic carbocycles. The van der Waals surface area contributed by atoms with E-state index >= 15 is 0 Å². The molecule has 94 valence electrons. The fourth-order valence-electron chi connectivity index (χ4n) is 1.36. The largest absolute Gasteiger partial charge is 0.481 e. The van der Waals surface area contributed by atoms with Crippen molar-refractivity contribution in [2.24, 2.45) is 0 Å². The van der Waals surface area contributed by atoms with Crippen LogP contribution in [-0.2, 0) is 4.79 Å². The van der Waals surface area contributed by atoms with Crippen LogP contribution in [0.3, 0.4) is 0 Å². The second-order valence-corrected chi connectivity index (χ2v) is 5.14. The monoisotopic (exact) mass is 302 g/mol. The number of nitrogens with zero attached hydrogens (tertiary/aromatic N) is 1. The van der Waals surface area contributed by atoms with Gasteiger partial charge in [0, 0.05) is 5.56 Å². The molecular formula is C11H8Cl2N2O2S. The molecule has 0 saturated heterocycles. The maximum Gasteiger partial charge on any atom is 0.313 e. The Hall–Kier alpha value is -1.17. The summed E-state index contributed by atoms with van der Waals surface area (Å²) in [6, 6.07) is 5.30. The zero-order chi connectivity index (χ0) is 13.1. The quantitative estimate of drug-likeness (QED) is 0.848. The Balaban J connectivity index is 2.24. The van der Waals surface area contributed by atoms with Crippen molar-refractivity contribution in [2.75, 3.05) is 5.75 Å². The minimum atomic E-state index is -0.890. The highest BCUT2D eigenvalue weighted by Crippen LogP contribution is 2.33. The van der Waals surface area contributed by atoms with Gasteiger partial charge in [-0.05, 0) is 6.07 Å². The first-order valence-electron chi connectivity index (χ1n) is 4.92. The lowest BCUT2D eigenvalue weighted by Crippen LogP contribution is -1.97. The summed E-state index contributed by atoms with van der Waals surface area (Å²) in [5.74, 6) is -0.935. The number of carboxylic acid groups (broad SMARTS) is 1. The van der Waals surface area contributed by atoms with E-state index in [1.807, 2.05) is 6.07 Å². The summed E-state index contributed by atoms with van der Waals surface area (Å²) in [6.07, 6.45) is 1.60. The molecule has 2 aromatic rings. The van der Waals surface area contributed by atoms with E-state index in [4.69, 9.17) is 28.3 Å². The molecule has 1 aromatic heterocycles. The van der Waals surface area contributed by atoms with Crippen LogP contribution in [0.15, 0.2) is 29.6 Å². The highest BCUT2D eigenvalue weighted by atomic mass is 35.5. The molecule has 0 amide bonds. The molecule has 0 bridgehead atoms. The van der Waals surface area contributed by atoms with Gasteiger partial charge in [-0.15, -0.1) is 0 Å². The van der Waals surface area contributed by atoms with Crippen molar-refractivity contribution in [1.29, 1.82) is 0 Å². The molecule has 0 fully saturated rings. The lowest BCUT2D eigenvalue weighted by Gasteiger charge is -2.02. The molecule has 4 nitrogen and oxygen atoms in total. The number of aromatic nitrogens is 2. The molecule has 2 rings (SSSR count). The Morgan fingerprint density at radius 1 is 1.44 bits per heavy atom. The minimum Gasteiger partial charge on any atom is -0.481 e. The number of aliphatic carboxylic acids is 1. The Kier molecular flexibility index (Phi) is 4.16. The van der Waals surface area contributed by atoms with Crippen LogP contribution in [0.1, 0.15) is 0 Å². The smallest absolute Gasteiger partial charge is 0.313 e. The van der Waals surface area contributed by atoms with Gasteiger partial charge in [-0.3, -0.25) is 4.79 Å². The van der Waals surface area contributed by atoms with Gasteiger partial charge in [0.1, 0.15) is 0 Å². The summed E-state index contributed by atoms with van der Waals surface area (Å²) in [5, 5.41) is 10.0. The molecule has 2 N–H and O–H groups in total. The minimum absolute atomic E-state index is 0.0454. The van der Waals surface area contributed by atoms with E-state index in [0.717, 1.165) is 17.3 Å². The number of imidazole rings is 1. The summed E-state index contributed by atoms with van der Waals surface area (Å²) in [6.45, 7) is 0. The van der Waals surface area contributed by atoms with Gasteiger partial charge in [0.2, 0.25) is 0 Å². The number of hydrogen-bond acceptors (Lipinski definition) is 3. The maximum absolute atomic E-state index is 10.4. The van der Waals surface area contributed by atoms with Crippen molar-refractivity contribution in [2.45, 2.75) is 5.16 Å². The Bertz CT molecular complexity index is 586. The molecule has 1 aromatic carbocycles. The summed E-state index contributed by atoms with van der Waals surface area (Å²) in [5.41, 5.74) is 1.44. The van der Waals surface area contributed by atoms with E-state index in [1.165, 1.54) is 0 Å². The van der Waals surface area contributed by atoms with Crippen LogP contribution in [0, 0.1) is 0 Å². The number of thioether (sulfide) groups is 1. The summed E-state index contributed by atoms with van der Waals surface area (Å²) in [7, 11) is 0. The van der Waals surface area contributed by atoms with Crippen LogP contribution >= 0.6 is 35.0 Å². The van der Waals surface area contributed by atoms with Crippen molar-refractivity contribution in [1.82, 2.24) is 9.97 Å². The number of H-pyrrole nitrogens is 1. The van der Waals surface area contributed by atoms with Gasteiger partial charge in [-0.1, -0.05) is 47.1 Å². The molecule has 7 heteroatoms. The Morgan fingerprint density at radius 3 is 2.94 bits per heavy atom. The van der Waals surface area contributed by atoms with Gasteiger partial charge in [-0.2, -0.15) is 0 Å². The molecule has 0 aliphatic rings. The number of carboxylic acids is 1. The Labute approximate surface area is 117 Å². The number of benzene rings is 1. The molecule has 18 heavy (non-hydrogen) atoms. The summed E-state index contributed by atoms with van der Waals surface area (Å²) in [4.78, 5) is 17.5. The van der Waals surface area contributed by atoms with Gasteiger partial charge in [-0.25, -0.2) is 4.98 Å². The van der Waals surface area contributed by atoms with Crippen LogP contribution in [0.2, 0.25) is 10.0 Å². The van der Waals surface area contributed by atoms with Crippen molar-refractivity contribution < 1.29 is 9.90 Å². The third kappa shape index (κ3) is 2.98. The lowest BCUT2D eigenvalue weighted by molar-refractivity contribution is -0.133. The molecular weight excluding hydrogens is 295 g/mol. The van der Waals surface area contributed by atoms with E-state index in [1.54, 1.807) is 18.3 Å². The first-order chi connectivity index (χ1) is 8.58. The number of carbonyl (C=O) groups is 1. The molecule has 1 heterocycles. The fourth-order valence-corrected chi connectivity index (χ4v) is 2.33. The molecule has 0 radical (unpaired) electrons. The van der Waals surface area contributed by atoms with Gasteiger partial charge in [0.25, 0.3) is 0 Å². The van der Waals surface area contributed by atoms with Crippen LogP contribution in [0.5, 0.6) is 0 Å². The van der Waals surface area contributed by atoms with E-state index < -0.39 is 5.97 Å². The number of nitrogens with one attached hydrogen (secondary N) is 1. The third-order valence-corrected chi connectivity index (χ3v) is 3.82. The van der Waals surface area contributed by atoms with Crippen molar-refractivity contribution >= 4 is 40.9 Å². The lowest BCUT2D eigenvalue weighted by atomic mass is 10.2. The standard InChI is InChI=1S/C11H8Cl2N2O2S/c12-7-3-1-2-6(10(7)13)8-4-14-11(15-8)18-5-9(16)17/h1-4H,5H2,(H,14,15)(H,16,17). The van der Waals surface area contributed by atoms with Gasteiger partial charge >= 0.3 is 5.97 Å². The van der Waals surface area contributed by atoms with E-state index in [-0.39, 0.29) is 5.75 Å². The maximum atomic E-state index is 10.4. The predicted octanol–water partition coefficient (Wildman–Crippen LogP) is 3.56. The van der Waals surface area contributed by atoms with Crippen molar-refractivity contribution in [3.05, 3.63) is 34.4 Å². The molecule has 0 spiro atoms. The molecule has 0 unspecified atom stereocenters. The second-order valence-electron chi connectivity index (χ2n) is 3.39. The topological polar surface area (TPSA) is 66.0 Å². The van der Waals surface area contributed by atoms with E-state index in [2.05, 4.69) is 9.97 Å². The zero-order valence-corrected chi connectivity index (χ0v) is 11.3. The van der Waals surface area contributed by atoms with Crippen LogP contribution in [-0.4, -0.2) is 26.8 Å². The first-order valence-corrected chi connectivity index (χ1v) is 6.66. The Morgan fingerprint density at radius 2 is 2.22 bits per heavy atom. The van der Waals surface area contributed by atoms with Crippen molar-refractivity contribution in [3.8, 4) is 11.3 Å². The number of hydrogen-bond donors (Lipinski definition) is 2. The van der Waals surface area contributed by atoms with E-state index in [9.17, 15) is 4.79 Å². The number of halogens is 2. The normalized spacial score (nSPS) is 10.6. The average molecular weight is 303 g/mol. The molecule has 0 saturated carbocycles.